The lowest BCUT2D eigenvalue weighted by atomic mass is 9.62. The third kappa shape index (κ3) is 2.12. The lowest BCUT2D eigenvalue weighted by Gasteiger charge is -2.43. The molecule has 0 aromatic heterocycles. The largest absolute Gasteiger partial charge is 0.511 e. The Balaban J connectivity index is 3.12. The summed E-state index contributed by atoms with van der Waals surface area (Å²) >= 11 is 3.15. The summed E-state index contributed by atoms with van der Waals surface area (Å²) in [4.78, 5) is 11.8. The third-order valence-electron chi connectivity index (χ3n) is 3.78. The maximum absolute atomic E-state index is 11.8. The summed E-state index contributed by atoms with van der Waals surface area (Å²) in [6.45, 7) is 8.50. The van der Waals surface area contributed by atoms with Crippen molar-refractivity contribution in [3.8, 4) is 0 Å². The minimum absolute atomic E-state index is 0.0288. The lowest BCUT2D eigenvalue weighted by molar-refractivity contribution is -0.120. The molecule has 0 amide bonds. The van der Waals surface area contributed by atoms with Gasteiger partial charge in [0.05, 0.1) is 4.48 Å². The molecule has 0 fully saturated rings. The zero-order valence-electron chi connectivity index (χ0n) is 9.80. The second-order valence-corrected chi connectivity index (χ2v) is 5.87. The van der Waals surface area contributed by atoms with Crippen molar-refractivity contribution in [3.63, 3.8) is 0 Å². The average Bonchev–Trinajstić information content (AvgIpc) is 2.12. The first-order valence-corrected chi connectivity index (χ1v) is 6.21. The van der Waals surface area contributed by atoms with E-state index in [-0.39, 0.29) is 17.0 Å². The van der Waals surface area contributed by atoms with Crippen LogP contribution in [-0.4, -0.2) is 10.9 Å². The molecule has 0 bridgehead atoms. The fraction of sp³-hybridized carbons (Fsp3) is 0.750. The molecular weight excluding hydrogens is 256 g/mol. The first kappa shape index (κ1) is 12.8. The number of aliphatic hydroxyl groups excluding tert-OH is 1. The number of hydrogen-bond acceptors (Lipinski definition) is 2. The van der Waals surface area contributed by atoms with Crippen molar-refractivity contribution in [2.45, 2.75) is 40.5 Å². The Labute approximate surface area is 99.9 Å². The summed E-state index contributed by atoms with van der Waals surface area (Å²) in [5.74, 6) is 1.03. The molecule has 3 heteroatoms. The van der Waals surface area contributed by atoms with Gasteiger partial charge >= 0.3 is 0 Å². The van der Waals surface area contributed by atoms with Gasteiger partial charge in [0.15, 0.2) is 5.78 Å². The van der Waals surface area contributed by atoms with Crippen molar-refractivity contribution in [1.29, 1.82) is 0 Å². The van der Waals surface area contributed by atoms with E-state index in [0.29, 0.717) is 29.2 Å². The van der Waals surface area contributed by atoms with E-state index in [1.807, 2.05) is 0 Å². The molecule has 1 rings (SSSR count). The summed E-state index contributed by atoms with van der Waals surface area (Å²) < 4.78 is 0.374. The van der Waals surface area contributed by atoms with Gasteiger partial charge in [-0.2, -0.15) is 0 Å². The Morgan fingerprint density at radius 1 is 1.20 bits per heavy atom. The number of rotatable bonds is 2. The molecule has 1 aliphatic carbocycles. The van der Waals surface area contributed by atoms with Crippen LogP contribution in [0.1, 0.15) is 40.5 Å². The highest BCUT2D eigenvalue weighted by molar-refractivity contribution is 9.12. The van der Waals surface area contributed by atoms with Crippen molar-refractivity contribution in [2.24, 2.45) is 17.3 Å². The molecule has 0 atom stereocenters. The van der Waals surface area contributed by atoms with Crippen LogP contribution < -0.4 is 0 Å². The minimum Gasteiger partial charge on any atom is -0.511 e. The van der Waals surface area contributed by atoms with E-state index in [2.05, 4.69) is 43.6 Å². The van der Waals surface area contributed by atoms with E-state index in [9.17, 15) is 9.90 Å². The van der Waals surface area contributed by atoms with Crippen molar-refractivity contribution >= 4 is 21.7 Å². The second kappa shape index (κ2) is 4.28. The lowest BCUT2D eigenvalue weighted by Crippen LogP contribution is -2.39. The molecule has 1 aliphatic rings. The van der Waals surface area contributed by atoms with Gasteiger partial charge in [-0.25, -0.2) is 0 Å². The standard InChI is InChI=1S/C12H19BrO2/c1-7(2)12(8(3)4)5-9(14)11(13)10(15)6-12/h7-8,14H,5-6H2,1-4H3. The fourth-order valence-electron chi connectivity index (χ4n) is 2.47. The van der Waals surface area contributed by atoms with Crippen LogP contribution in [0.2, 0.25) is 0 Å². The Hall–Kier alpha value is -0.310. The number of allylic oxidation sites excluding steroid dienone is 2. The zero-order chi connectivity index (χ0) is 11.8. The van der Waals surface area contributed by atoms with E-state index < -0.39 is 0 Å². The first-order chi connectivity index (χ1) is 6.81. The summed E-state index contributed by atoms with van der Waals surface area (Å²) in [5.41, 5.74) is -0.0849. The normalized spacial score (nSPS) is 21.7. The highest BCUT2D eigenvalue weighted by atomic mass is 79.9. The van der Waals surface area contributed by atoms with Crippen LogP contribution in [0.3, 0.4) is 0 Å². The number of carbonyl (C=O) groups excluding carboxylic acids is 1. The number of halogens is 1. The van der Waals surface area contributed by atoms with Gasteiger partial charge in [0.1, 0.15) is 5.76 Å². The van der Waals surface area contributed by atoms with Crippen molar-refractivity contribution < 1.29 is 9.90 Å². The number of aliphatic hydroxyl groups is 1. The van der Waals surface area contributed by atoms with Gasteiger partial charge in [-0.05, 0) is 33.2 Å². The smallest absolute Gasteiger partial charge is 0.173 e. The molecule has 1 N–H and O–H groups in total. The predicted octanol–water partition coefficient (Wildman–Crippen LogP) is 3.81. The second-order valence-electron chi connectivity index (χ2n) is 5.08. The van der Waals surface area contributed by atoms with Crippen molar-refractivity contribution in [3.05, 3.63) is 10.2 Å². The Kier molecular flexibility index (Phi) is 3.64. The summed E-state index contributed by atoms with van der Waals surface area (Å²) in [5, 5.41) is 9.79. The van der Waals surface area contributed by atoms with Crippen LogP contribution in [0.4, 0.5) is 0 Å². The molecule has 0 saturated heterocycles. The predicted molar refractivity (Wildman–Crippen MR) is 64.9 cm³/mol. The molecular formula is C12H19BrO2. The van der Waals surface area contributed by atoms with Crippen LogP contribution >= 0.6 is 15.9 Å². The molecule has 0 saturated carbocycles. The molecule has 0 aromatic carbocycles. The van der Waals surface area contributed by atoms with Gasteiger partial charge in [0.25, 0.3) is 0 Å². The van der Waals surface area contributed by atoms with Gasteiger partial charge in [-0.3, -0.25) is 4.79 Å². The SMILES string of the molecule is CC(C)C1(C(C)C)CC(=O)C(Br)=C(O)C1. The topological polar surface area (TPSA) is 37.3 Å². The maximum atomic E-state index is 11.8. The highest BCUT2D eigenvalue weighted by Gasteiger charge is 2.43. The summed E-state index contributed by atoms with van der Waals surface area (Å²) in [6, 6.07) is 0. The first-order valence-electron chi connectivity index (χ1n) is 5.42. The Bertz CT molecular complexity index is 295. The molecule has 0 aliphatic heterocycles. The van der Waals surface area contributed by atoms with Gasteiger partial charge in [0.2, 0.25) is 0 Å². The molecule has 2 nitrogen and oxygen atoms in total. The minimum atomic E-state index is -0.0849. The molecule has 0 radical (unpaired) electrons. The van der Waals surface area contributed by atoms with Crippen molar-refractivity contribution in [2.75, 3.05) is 0 Å². The molecule has 0 unspecified atom stereocenters. The van der Waals surface area contributed by atoms with Crippen LogP contribution in [0.5, 0.6) is 0 Å². The molecule has 15 heavy (non-hydrogen) atoms. The fourth-order valence-corrected chi connectivity index (χ4v) is 2.75. The quantitative estimate of drug-likeness (QED) is 0.832. The number of hydrogen-bond donors (Lipinski definition) is 1. The van der Waals surface area contributed by atoms with Gasteiger partial charge in [-0.15, -0.1) is 0 Å². The third-order valence-corrected chi connectivity index (χ3v) is 4.68. The van der Waals surface area contributed by atoms with E-state index >= 15 is 0 Å². The van der Waals surface area contributed by atoms with Crippen molar-refractivity contribution in [1.82, 2.24) is 0 Å². The van der Waals surface area contributed by atoms with E-state index in [4.69, 9.17) is 0 Å². The summed E-state index contributed by atoms with van der Waals surface area (Å²) in [6.07, 6.45) is 1.14. The molecule has 0 heterocycles. The van der Waals surface area contributed by atoms with Crippen LogP contribution in [0.15, 0.2) is 10.2 Å². The van der Waals surface area contributed by atoms with Gasteiger partial charge < -0.3 is 5.11 Å². The Morgan fingerprint density at radius 2 is 1.67 bits per heavy atom. The monoisotopic (exact) mass is 274 g/mol. The Morgan fingerprint density at radius 3 is 2.00 bits per heavy atom. The number of Topliss-reactive ketones (excluding diaryl/α,β-unsaturated/α-hetero) is 1. The van der Waals surface area contributed by atoms with E-state index in [0.717, 1.165) is 0 Å². The average molecular weight is 275 g/mol. The van der Waals surface area contributed by atoms with E-state index in [1.54, 1.807) is 0 Å². The van der Waals surface area contributed by atoms with Crippen LogP contribution in [-0.2, 0) is 4.79 Å². The van der Waals surface area contributed by atoms with E-state index in [1.165, 1.54) is 0 Å². The molecule has 0 spiro atoms. The van der Waals surface area contributed by atoms with Crippen LogP contribution in [0, 0.1) is 17.3 Å². The molecule has 86 valence electrons. The molecule has 0 aromatic rings. The zero-order valence-corrected chi connectivity index (χ0v) is 11.4. The highest BCUT2D eigenvalue weighted by Crippen LogP contribution is 2.48. The maximum Gasteiger partial charge on any atom is 0.173 e. The number of ketones is 1. The van der Waals surface area contributed by atoms with Crippen LogP contribution in [0.25, 0.3) is 0 Å². The van der Waals surface area contributed by atoms with Gasteiger partial charge in [-0.1, -0.05) is 27.7 Å². The summed E-state index contributed by atoms with van der Waals surface area (Å²) in [7, 11) is 0. The number of carbonyl (C=O) groups is 1. The van der Waals surface area contributed by atoms with Gasteiger partial charge in [0, 0.05) is 12.8 Å².